The highest BCUT2D eigenvalue weighted by Crippen LogP contribution is 2.27. The van der Waals surface area contributed by atoms with Crippen LogP contribution in [0.4, 0.5) is 0 Å². The SMILES string of the molecule is COc1ccc(CCNC(=S)/N=C/C(C(=O)c2ccccc2)=C(/O)c2ccccc2)cc1OC. The van der Waals surface area contributed by atoms with E-state index in [1.54, 1.807) is 62.8 Å². The van der Waals surface area contributed by atoms with Gasteiger partial charge in [0.25, 0.3) is 0 Å². The van der Waals surface area contributed by atoms with E-state index in [0.29, 0.717) is 35.6 Å². The van der Waals surface area contributed by atoms with Gasteiger partial charge in [-0.1, -0.05) is 66.7 Å². The highest BCUT2D eigenvalue weighted by Gasteiger charge is 2.17. The second-order valence-electron chi connectivity index (χ2n) is 7.25. The zero-order valence-corrected chi connectivity index (χ0v) is 19.8. The van der Waals surface area contributed by atoms with Crippen molar-refractivity contribution < 1.29 is 19.4 Å². The quantitative estimate of drug-likeness (QED) is 0.149. The Labute approximate surface area is 204 Å². The molecule has 7 heteroatoms. The highest BCUT2D eigenvalue weighted by atomic mass is 32.1. The summed E-state index contributed by atoms with van der Waals surface area (Å²) < 4.78 is 10.6. The van der Waals surface area contributed by atoms with Crippen molar-refractivity contribution >= 4 is 35.1 Å². The number of hydrogen-bond donors (Lipinski definition) is 2. The molecule has 174 valence electrons. The maximum absolute atomic E-state index is 13.1. The molecule has 0 saturated carbocycles. The number of allylic oxidation sites excluding steroid dienone is 1. The highest BCUT2D eigenvalue weighted by molar-refractivity contribution is 7.80. The molecule has 0 aliphatic carbocycles. The van der Waals surface area contributed by atoms with Crippen molar-refractivity contribution in [3.05, 3.63) is 101 Å². The maximum Gasteiger partial charge on any atom is 0.198 e. The van der Waals surface area contributed by atoms with E-state index >= 15 is 0 Å². The van der Waals surface area contributed by atoms with Crippen LogP contribution < -0.4 is 14.8 Å². The van der Waals surface area contributed by atoms with Crippen molar-refractivity contribution in [3.63, 3.8) is 0 Å². The Morgan fingerprint density at radius 2 is 1.56 bits per heavy atom. The predicted molar refractivity (Wildman–Crippen MR) is 139 cm³/mol. The molecule has 0 aromatic heterocycles. The molecule has 0 heterocycles. The van der Waals surface area contributed by atoms with Crippen LogP contribution >= 0.6 is 12.2 Å². The fraction of sp³-hybridized carbons (Fsp3) is 0.148. The van der Waals surface area contributed by atoms with Crippen LogP contribution in [0, 0.1) is 0 Å². The summed E-state index contributed by atoms with van der Waals surface area (Å²) in [5.41, 5.74) is 2.05. The Morgan fingerprint density at radius 3 is 2.18 bits per heavy atom. The maximum atomic E-state index is 13.1. The van der Waals surface area contributed by atoms with Gasteiger partial charge in [0.05, 0.1) is 19.8 Å². The van der Waals surface area contributed by atoms with E-state index in [-0.39, 0.29) is 22.2 Å². The molecule has 34 heavy (non-hydrogen) atoms. The summed E-state index contributed by atoms with van der Waals surface area (Å²) in [5, 5.41) is 14.1. The lowest BCUT2D eigenvalue weighted by atomic mass is 10.0. The largest absolute Gasteiger partial charge is 0.506 e. The summed E-state index contributed by atoms with van der Waals surface area (Å²) in [7, 11) is 3.19. The van der Waals surface area contributed by atoms with E-state index in [9.17, 15) is 9.90 Å². The van der Waals surface area contributed by atoms with Crippen LogP contribution in [0.1, 0.15) is 21.5 Å². The van der Waals surface area contributed by atoms with Crippen molar-refractivity contribution in [2.75, 3.05) is 20.8 Å². The molecule has 0 spiro atoms. The van der Waals surface area contributed by atoms with E-state index < -0.39 is 0 Å². The summed E-state index contributed by atoms with van der Waals surface area (Å²) in [6.45, 7) is 0.530. The number of rotatable bonds is 9. The number of nitrogens with zero attached hydrogens (tertiary/aromatic N) is 1. The Morgan fingerprint density at radius 1 is 0.941 bits per heavy atom. The molecular weight excluding hydrogens is 448 g/mol. The zero-order valence-electron chi connectivity index (χ0n) is 19.0. The van der Waals surface area contributed by atoms with E-state index in [2.05, 4.69) is 10.3 Å². The van der Waals surface area contributed by atoms with Gasteiger partial charge in [0.1, 0.15) is 5.76 Å². The fourth-order valence-corrected chi connectivity index (χ4v) is 3.40. The lowest BCUT2D eigenvalue weighted by molar-refractivity contribution is 0.104. The van der Waals surface area contributed by atoms with Crippen LogP contribution in [-0.2, 0) is 6.42 Å². The fourth-order valence-electron chi connectivity index (χ4n) is 3.24. The van der Waals surface area contributed by atoms with Gasteiger partial charge < -0.3 is 19.9 Å². The van der Waals surface area contributed by atoms with Crippen LogP contribution in [-0.4, -0.2) is 43.0 Å². The lowest BCUT2D eigenvalue weighted by Crippen LogP contribution is -2.22. The number of aliphatic imine (C=N–C) groups is 1. The van der Waals surface area contributed by atoms with Gasteiger partial charge in [-0.05, 0) is 36.3 Å². The first-order chi connectivity index (χ1) is 16.5. The first-order valence-electron chi connectivity index (χ1n) is 10.6. The minimum Gasteiger partial charge on any atom is -0.506 e. The molecule has 0 aliphatic rings. The van der Waals surface area contributed by atoms with Gasteiger partial charge in [-0.3, -0.25) is 4.79 Å². The van der Waals surface area contributed by atoms with Gasteiger partial charge in [-0.15, -0.1) is 0 Å². The zero-order chi connectivity index (χ0) is 24.3. The average molecular weight is 475 g/mol. The molecule has 0 radical (unpaired) electrons. The number of carbonyl (C=O) groups excluding carboxylic acids is 1. The summed E-state index contributed by atoms with van der Waals surface area (Å²) in [4.78, 5) is 17.3. The first kappa shape index (κ1) is 24.7. The molecule has 0 saturated heterocycles. The molecule has 3 aromatic rings. The number of Topliss-reactive ketones (excluding diaryl/α,β-unsaturated/α-hetero) is 1. The summed E-state index contributed by atoms with van der Waals surface area (Å²) >= 11 is 5.31. The van der Waals surface area contributed by atoms with E-state index in [4.69, 9.17) is 21.7 Å². The van der Waals surface area contributed by atoms with E-state index in [0.717, 1.165) is 5.56 Å². The van der Waals surface area contributed by atoms with Crippen LogP contribution in [0.5, 0.6) is 11.5 Å². The number of thiocarbonyl (C=S) groups is 1. The van der Waals surface area contributed by atoms with Crippen molar-refractivity contribution in [3.8, 4) is 11.5 Å². The smallest absolute Gasteiger partial charge is 0.198 e. The molecule has 0 unspecified atom stereocenters. The van der Waals surface area contributed by atoms with Crippen LogP contribution in [0.2, 0.25) is 0 Å². The number of methoxy groups -OCH3 is 2. The molecular formula is C27H26N2O4S. The number of ketones is 1. The lowest BCUT2D eigenvalue weighted by Gasteiger charge is -2.10. The topological polar surface area (TPSA) is 80.2 Å². The number of benzene rings is 3. The number of aliphatic hydroxyl groups is 1. The Balaban J connectivity index is 1.72. The summed E-state index contributed by atoms with van der Waals surface area (Å²) in [6.07, 6.45) is 1.99. The van der Waals surface area contributed by atoms with Gasteiger partial charge in [-0.2, -0.15) is 0 Å². The van der Waals surface area contributed by atoms with Gasteiger partial charge in [0.2, 0.25) is 0 Å². The molecule has 0 fully saturated rings. The van der Waals surface area contributed by atoms with Crippen LogP contribution in [0.15, 0.2) is 89.4 Å². The predicted octanol–water partition coefficient (Wildman–Crippen LogP) is 5.04. The standard InChI is InChI=1S/C27H26N2O4S/c1-32-23-14-13-19(17-24(23)33-2)15-16-28-27(34)29-18-22(25(30)20-9-5-3-6-10-20)26(31)21-11-7-4-8-12-21/h3-14,17-18,30H,15-16H2,1-2H3,(H,28,34)/b25-22-,29-18+. The molecule has 3 rings (SSSR count). The molecule has 3 aromatic carbocycles. The molecule has 0 atom stereocenters. The van der Waals surface area contributed by atoms with E-state index in [1.807, 2.05) is 30.3 Å². The minimum atomic E-state index is -0.348. The van der Waals surface area contributed by atoms with Gasteiger partial charge >= 0.3 is 0 Å². The second-order valence-corrected chi connectivity index (χ2v) is 7.64. The molecule has 0 bridgehead atoms. The number of aliphatic hydroxyl groups excluding tert-OH is 1. The van der Waals surface area contributed by atoms with Gasteiger partial charge in [0.15, 0.2) is 22.4 Å². The second kappa shape index (κ2) is 12.3. The Bertz CT molecular complexity index is 1190. The molecule has 0 amide bonds. The van der Waals surface area contributed by atoms with Gasteiger partial charge in [-0.25, -0.2) is 4.99 Å². The third-order valence-electron chi connectivity index (χ3n) is 5.03. The normalized spacial score (nSPS) is 11.6. The average Bonchev–Trinajstić information content (AvgIpc) is 2.89. The number of ether oxygens (including phenoxy) is 2. The number of nitrogens with one attached hydrogen (secondary N) is 1. The summed E-state index contributed by atoms with van der Waals surface area (Å²) in [5.74, 6) is 0.816. The number of carbonyl (C=O) groups is 1. The van der Waals surface area contributed by atoms with E-state index in [1.165, 1.54) is 6.21 Å². The number of hydrogen-bond acceptors (Lipinski definition) is 5. The summed E-state index contributed by atoms with van der Waals surface area (Å²) in [6, 6.07) is 23.3. The molecule has 2 N–H and O–H groups in total. The third-order valence-corrected chi connectivity index (χ3v) is 5.28. The van der Waals surface area contributed by atoms with Crippen molar-refractivity contribution in [2.24, 2.45) is 4.99 Å². The van der Waals surface area contributed by atoms with Crippen LogP contribution in [0.25, 0.3) is 5.76 Å². The van der Waals surface area contributed by atoms with Crippen LogP contribution in [0.3, 0.4) is 0 Å². The Kier molecular flexibility index (Phi) is 8.94. The Hall–Kier alpha value is -3.97. The molecule has 6 nitrogen and oxygen atoms in total. The first-order valence-corrected chi connectivity index (χ1v) is 11.1. The van der Waals surface area contributed by atoms with Gasteiger partial charge in [0, 0.05) is 23.9 Å². The minimum absolute atomic E-state index is 0.0569. The van der Waals surface area contributed by atoms with Crippen molar-refractivity contribution in [2.45, 2.75) is 6.42 Å². The monoisotopic (exact) mass is 474 g/mol. The van der Waals surface area contributed by atoms with Crippen molar-refractivity contribution in [1.29, 1.82) is 0 Å². The molecule has 0 aliphatic heterocycles. The van der Waals surface area contributed by atoms with Crippen molar-refractivity contribution in [1.82, 2.24) is 5.32 Å². The third kappa shape index (κ3) is 6.52.